The number of amides is 1. The average molecular weight is 310 g/mol. The lowest BCUT2D eigenvalue weighted by Gasteiger charge is -2.41. The van der Waals surface area contributed by atoms with Gasteiger partial charge >= 0.3 is 5.97 Å². The number of aliphatic hydroxyl groups is 1. The maximum atomic E-state index is 11.7. The van der Waals surface area contributed by atoms with Crippen molar-refractivity contribution in [3.05, 3.63) is 0 Å². The maximum absolute atomic E-state index is 11.7. The van der Waals surface area contributed by atoms with E-state index in [4.69, 9.17) is 5.11 Å². The highest BCUT2D eigenvalue weighted by Gasteiger charge is 2.63. The fraction of sp³-hybridized carbons (Fsp3) is 0.778. The minimum atomic E-state index is -0.652. The van der Waals surface area contributed by atoms with E-state index in [2.05, 4.69) is 20.7 Å². The summed E-state index contributed by atoms with van der Waals surface area (Å²) in [6.45, 7) is 3.14. The van der Waals surface area contributed by atoms with Crippen LogP contribution in [0.25, 0.3) is 0 Å². The number of carbonyl (C=O) groups excluding carboxylic acids is 2. The SMILES string of the molecule is CC1(C)S[C@@H]2[C@H](Br)C(=O)N2[C@H]1C(=O)OCO. The van der Waals surface area contributed by atoms with E-state index in [-0.39, 0.29) is 16.1 Å². The highest BCUT2D eigenvalue weighted by molar-refractivity contribution is 9.10. The van der Waals surface area contributed by atoms with E-state index in [1.165, 1.54) is 4.90 Å². The lowest BCUT2D eigenvalue weighted by atomic mass is 9.98. The second-order valence-electron chi connectivity index (χ2n) is 4.25. The summed E-state index contributed by atoms with van der Waals surface area (Å²) in [7, 11) is 0. The van der Waals surface area contributed by atoms with E-state index in [9.17, 15) is 9.59 Å². The van der Waals surface area contributed by atoms with Gasteiger partial charge in [-0.2, -0.15) is 0 Å². The lowest BCUT2D eigenvalue weighted by molar-refractivity contribution is -0.166. The molecule has 2 rings (SSSR count). The van der Waals surface area contributed by atoms with Gasteiger partial charge in [-0.15, -0.1) is 11.8 Å². The van der Waals surface area contributed by atoms with Crippen molar-refractivity contribution in [3.63, 3.8) is 0 Å². The number of halogens is 1. The van der Waals surface area contributed by atoms with Crippen LogP contribution in [-0.2, 0) is 14.3 Å². The van der Waals surface area contributed by atoms with Gasteiger partial charge in [0, 0.05) is 4.75 Å². The van der Waals surface area contributed by atoms with Crippen LogP contribution in [0.5, 0.6) is 0 Å². The largest absolute Gasteiger partial charge is 0.437 e. The number of aliphatic hydroxyl groups excluding tert-OH is 1. The van der Waals surface area contributed by atoms with Crippen molar-refractivity contribution in [2.24, 2.45) is 0 Å². The van der Waals surface area contributed by atoms with Crippen molar-refractivity contribution in [2.45, 2.75) is 34.8 Å². The topological polar surface area (TPSA) is 66.8 Å². The van der Waals surface area contributed by atoms with E-state index >= 15 is 0 Å². The Kier molecular flexibility index (Phi) is 2.96. The third-order valence-corrected chi connectivity index (χ3v) is 5.62. The highest BCUT2D eigenvalue weighted by Crippen LogP contribution is 2.52. The molecule has 2 fully saturated rings. The van der Waals surface area contributed by atoms with Crippen LogP contribution in [0.4, 0.5) is 0 Å². The Bertz CT molecular complexity index is 348. The Morgan fingerprint density at radius 3 is 2.88 bits per heavy atom. The van der Waals surface area contributed by atoms with Gasteiger partial charge < -0.3 is 14.7 Å². The molecule has 0 radical (unpaired) electrons. The summed E-state index contributed by atoms with van der Waals surface area (Å²) in [6.07, 6.45) is 0. The minimum absolute atomic E-state index is 0.0151. The molecule has 1 N–H and O–H groups in total. The molecule has 0 aromatic rings. The molecular weight excluding hydrogens is 298 g/mol. The van der Waals surface area contributed by atoms with Gasteiger partial charge in [-0.25, -0.2) is 4.79 Å². The van der Waals surface area contributed by atoms with Gasteiger partial charge in [0.25, 0.3) is 0 Å². The molecule has 0 bridgehead atoms. The summed E-state index contributed by atoms with van der Waals surface area (Å²) < 4.78 is 4.20. The predicted octanol–water partition coefficient (Wildman–Crippen LogP) is 0.305. The smallest absolute Gasteiger partial charge is 0.332 e. The first-order valence-corrected chi connectivity index (χ1v) is 6.61. The zero-order valence-corrected chi connectivity index (χ0v) is 11.2. The zero-order chi connectivity index (χ0) is 12.1. The molecule has 0 spiro atoms. The number of nitrogens with zero attached hydrogens (tertiary/aromatic N) is 1. The summed E-state index contributed by atoms with van der Waals surface area (Å²) in [5.41, 5.74) is 0. The number of fused-ring (bicyclic) bond motifs is 1. The van der Waals surface area contributed by atoms with Crippen LogP contribution in [0.1, 0.15) is 13.8 Å². The molecule has 0 saturated carbocycles. The summed E-state index contributed by atoms with van der Waals surface area (Å²) in [5, 5.41) is 8.58. The molecule has 0 unspecified atom stereocenters. The highest BCUT2D eigenvalue weighted by atomic mass is 79.9. The molecule has 2 aliphatic rings. The fourth-order valence-corrected chi connectivity index (χ4v) is 4.44. The number of rotatable bonds is 2. The number of alkyl halides is 1. The molecule has 16 heavy (non-hydrogen) atoms. The van der Waals surface area contributed by atoms with Crippen LogP contribution >= 0.6 is 27.7 Å². The maximum Gasteiger partial charge on any atom is 0.332 e. The summed E-state index contributed by atoms with van der Waals surface area (Å²) in [5.74, 6) is -0.641. The van der Waals surface area contributed by atoms with Crippen molar-refractivity contribution < 1.29 is 19.4 Å². The van der Waals surface area contributed by atoms with Crippen LogP contribution in [0.3, 0.4) is 0 Å². The van der Waals surface area contributed by atoms with Crippen molar-refractivity contribution >= 4 is 39.6 Å². The molecule has 2 heterocycles. The predicted molar refractivity (Wildman–Crippen MR) is 62.0 cm³/mol. The number of thioether (sulfide) groups is 1. The average Bonchev–Trinajstić information content (AvgIpc) is 2.47. The number of esters is 1. The van der Waals surface area contributed by atoms with Gasteiger partial charge in [-0.05, 0) is 13.8 Å². The van der Waals surface area contributed by atoms with E-state index in [0.717, 1.165) is 0 Å². The molecule has 90 valence electrons. The molecule has 2 aliphatic heterocycles. The normalized spacial score (nSPS) is 35.6. The summed E-state index contributed by atoms with van der Waals surface area (Å²) in [6, 6.07) is -0.615. The Hall–Kier alpha value is -0.270. The first-order chi connectivity index (χ1) is 7.40. The molecular formula is C9H12BrNO4S. The quantitative estimate of drug-likeness (QED) is 0.344. The fourth-order valence-electron chi connectivity index (χ4n) is 2.09. The Morgan fingerprint density at radius 1 is 1.69 bits per heavy atom. The molecule has 3 atom stereocenters. The van der Waals surface area contributed by atoms with E-state index in [1.807, 2.05) is 13.8 Å². The molecule has 0 aliphatic carbocycles. The second kappa shape index (κ2) is 3.89. The molecule has 0 aromatic carbocycles. The third-order valence-electron chi connectivity index (χ3n) is 2.81. The van der Waals surface area contributed by atoms with Gasteiger partial charge in [0.2, 0.25) is 5.91 Å². The van der Waals surface area contributed by atoms with Gasteiger partial charge in [0.1, 0.15) is 16.2 Å². The van der Waals surface area contributed by atoms with Crippen molar-refractivity contribution in [1.29, 1.82) is 0 Å². The third kappa shape index (κ3) is 1.56. The number of hydrogen-bond donors (Lipinski definition) is 1. The van der Waals surface area contributed by atoms with Gasteiger partial charge in [-0.3, -0.25) is 4.79 Å². The minimum Gasteiger partial charge on any atom is -0.437 e. The van der Waals surface area contributed by atoms with E-state index < -0.39 is 23.6 Å². The van der Waals surface area contributed by atoms with Gasteiger partial charge in [-0.1, -0.05) is 15.9 Å². The molecule has 1 amide bonds. The Balaban J connectivity index is 2.22. The number of ether oxygens (including phenoxy) is 1. The van der Waals surface area contributed by atoms with Crippen LogP contribution in [-0.4, -0.2) is 49.7 Å². The number of hydrogen-bond acceptors (Lipinski definition) is 5. The standard InChI is InChI=1S/C9H12BrNO4S/c1-9(2)5(8(14)15-3-12)11-6(13)4(10)7(11)16-9/h4-5,7,12H,3H2,1-2H3/t4-,5+,7-/m1/s1. The first kappa shape index (κ1) is 12.2. The van der Waals surface area contributed by atoms with Crippen molar-refractivity contribution in [3.8, 4) is 0 Å². The van der Waals surface area contributed by atoms with Gasteiger partial charge in [0.15, 0.2) is 6.79 Å². The number of β-lactam (4-membered cyclic amide) rings is 1. The van der Waals surface area contributed by atoms with Crippen LogP contribution in [0.2, 0.25) is 0 Å². The Labute approximate surface area is 106 Å². The Morgan fingerprint density at radius 2 is 2.31 bits per heavy atom. The second-order valence-corrected chi connectivity index (χ2v) is 7.01. The molecule has 2 saturated heterocycles. The monoisotopic (exact) mass is 309 g/mol. The van der Waals surface area contributed by atoms with Gasteiger partial charge in [0.05, 0.1) is 0 Å². The molecule has 7 heteroatoms. The van der Waals surface area contributed by atoms with Crippen LogP contribution in [0.15, 0.2) is 0 Å². The molecule has 5 nitrogen and oxygen atoms in total. The van der Waals surface area contributed by atoms with Crippen LogP contribution < -0.4 is 0 Å². The van der Waals surface area contributed by atoms with Crippen molar-refractivity contribution in [1.82, 2.24) is 4.90 Å². The summed E-state index contributed by atoms with van der Waals surface area (Å²) in [4.78, 5) is 24.7. The summed E-state index contributed by atoms with van der Waals surface area (Å²) >= 11 is 4.85. The van der Waals surface area contributed by atoms with E-state index in [0.29, 0.717) is 0 Å². The lowest BCUT2D eigenvalue weighted by Crippen LogP contribution is -2.63. The van der Waals surface area contributed by atoms with E-state index in [1.54, 1.807) is 11.8 Å². The zero-order valence-electron chi connectivity index (χ0n) is 8.84. The number of carbonyl (C=O) groups is 2. The first-order valence-electron chi connectivity index (χ1n) is 4.81. The molecule has 0 aromatic heterocycles. The van der Waals surface area contributed by atoms with Crippen LogP contribution in [0, 0.1) is 0 Å². The van der Waals surface area contributed by atoms with Crippen molar-refractivity contribution in [2.75, 3.05) is 6.79 Å².